The molecule has 7 heteroatoms. The summed E-state index contributed by atoms with van der Waals surface area (Å²) in [6.07, 6.45) is 9.20. The second kappa shape index (κ2) is 11.4. The molecular formula is C29H43N5O2. The maximum Gasteiger partial charge on any atom is 0.236 e. The first-order valence-corrected chi connectivity index (χ1v) is 14.1. The summed E-state index contributed by atoms with van der Waals surface area (Å²) in [5.74, 6) is 1.87. The van der Waals surface area contributed by atoms with Crippen molar-refractivity contribution < 1.29 is 9.21 Å². The van der Waals surface area contributed by atoms with Crippen LogP contribution in [0.5, 0.6) is 0 Å². The lowest BCUT2D eigenvalue weighted by atomic mass is 9.76. The Hall–Kier alpha value is -2.25. The molecule has 1 spiro atoms. The molecule has 0 N–H and O–H groups in total. The predicted molar refractivity (Wildman–Crippen MR) is 141 cm³/mol. The highest BCUT2D eigenvalue weighted by Gasteiger charge is 2.48. The second-order valence-electron chi connectivity index (χ2n) is 11.6. The number of carbonyl (C=O) groups is 1. The van der Waals surface area contributed by atoms with Gasteiger partial charge in [0.15, 0.2) is 0 Å². The van der Waals surface area contributed by atoms with E-state index in [0.29, 0.717) is 18.3 Å². The van der Waals surface area contributed by atoms with Gasteiger partial charge in [-0.3, -0.25) is 9.69 Å². The molecule has 7 nitrogen and oxygen atoms in total. The molecule has 0 aliphatic carbocycles. The smallest absolute Gasteiger partial charge is 0.236 e. The molecule has 0 saturated carbocycles. The van der Waals surface area contributed by atoms with Crippen LogP contribution in [0.25, 0.3) is 0 Å². The van der Waals surface area contributed by atoms with Gasteiger partial charge in [-0.25, -0.2) is 0 Å². The van der Waals surface area contributed by atoms with Crippen molar-refractivity contribution in [2.75, 3.05) is 45.8 Å². The average Bonchev–Trinajstić information content (AvgIpc) is 3.52. The van der Waals surface area contributed by atoms with Gasteiger partial charge >= 0.3 is 0 Å². The van der Waals surface area contributed by atoms with Crippen LogP contribution in [0.4, 0.5) is 0 Å². The van der Waals surface area contributed by atoms with Gasteiger partial charge in [0.25, 0.3) is 0 Å². The molecule has 1 unspecified atom stereocenters. The molecule has 3 saturated heterocycles. The number of aromatic nitrogens is 2. The summed E-state index contributed by atoms with van der Waals surface area (Å²) in [6, 6.07) is 10.8. The van der Waals surface area contributed by atoms with Crippen LogP contribution in [0.3, 0.4) is 0 Å². The summed E-state index contributed by atoms with van der Waals surface area (Å²) in [5.41, 5.74) is 1.66. The maximum atomic E-state index is 13.2. The van der Waals surface area contributed by atoms with Crippen molar-refractivity contribution in [2.45, 2.75) is 77.2 Å². The first-order chi connectivity index (χ1) is 17.5. The molecule has 1 amide bonds. The molecule has 1 aromatic heterocycles. The summed E-state index contributed by atoms with van der Waals surface area (Å²) >= 11 is 0. The van der Waals surface area contributed by atoms with E-state index < -0.39 is 0 Å². The van der Waals surface area contributed by atoms with Gasteiger partial charge in [0.05, 0.1) is 12.6 Å². The quantitative estimate of drug-likeness (QED) is 0.533. The van der Waals surface area contributed by atoms with E-state index >= 15 is 0 Å². The number of aryl methyl sites for hydroxylation is 1. The normalized spacial score (nSPS) is 23.1. The van der Waals surface area contributed by atoms with Crippen molar-refractivity contribution in [3.63, 3.8) is 0 Å². The van der Waals surface area contributed by atoms with Crippen molar-refractivity contribution in [3.05, 3.63) is 47.7 Å². The summed E-state index contributed by atoms with van der Waals surface area (Å²) in [6.45, 7) is 10.8. The lowest BCUT2D eigenvalue weighted by Gasteiger charge is -2.39. The molecule has 2 aromatic rings. The van der Waals surface area contributed by atoms with Gasteiger partial charge in [-0.2, -0.15) is 0 Å². The molecule has 1 aromatic carbocycles. The van der Waals surface area contributed by atoms with Crippen LogP contribution in [0.1, 0.15) is 88.1 Å². The van der Waals surface area contributed by atoms with E-state index in [9.17, 15) is 4.79 Å². The van der Waals surface area contributed by atoms with E-state index in [1.807, 2.05) is 0 Å². The molecule has 0 bridgehead atoms. The topological polar surface area (TPSA) is 65.7 Å². The third kappa shape index (κ3) is 6.00. The highest BCUT2D eigenvalue weighted by Crippen LogP contribution is 2.48. The van der Waals surface area contributed by atoms with Crippen molar-refractivity contribution >= 4 is 5.91 Å². The number of amides is 1. The number of carbonyl (C=O) groups excluding carboxylic acids is 1. The van der Waals surface area contributed by atoms with Gasteiger partial charge in [0.1, 0.15) is 0 Å². The van der Waals surface area contributed by atoms with Gasteiger partial charge in [0, 0.05) is 25.6 Å². The van der Waals surface area contributed by atoms with Crippen LogP contribution in [0, 0.1) is 5.41 Å². The predicted octanol–water partition coefficient (Wildman–Crippen LogP) is 4.67. The molecule has 3 aliphatic heterocycles. The van der Waals surface area contributed by atoms with Crippen molar-refractivity contribution in [2.24, 2.45) is 5.41 Å². The fourth-order valence-corrected chi connectivity index (χ4v) is 6.35. The molecule has 196 valence electrons. The number of likely N-dealkylation sites (tertiary alicyclic amines) is 3. The Labute approximate surface area is 216 Å². The van der Waals surface area contributed by atoms with Crippen LogP contribution in [0.2, 0.25) is 0 Å². The number of hydrogen-bond donors (Lipinski definition) is 0. The van der Waals surface area contributed by atoms with E-state index in [4.69, 9.17) is 4.42 Å². The number of nitrogens with zero attached hydrogens (tertiary/aromatic N) is 5. The number of hydrogen-bond acceptors (Lipinski definition) is 6. The third-order valence-electron chi connectivity index (χ3n) is 8.59. The Bertz CT molecular complexity index is 977. The maximum absolute atomic E-state index is 13.2. The summed E-state index contributed by atoms with van der Waals surface area (Å²) in [7, 11) is 0. The van der Waals surface area contributed by atoms with Crippen molar-refractivity contribution in [3.8, 4) is 0 Å². The number of benzene rings is 1. The minimum Gasteiger partial charge on any atom is -0.423 e. The highest BCUT2D eigenvalue weighted by molar-refractivity contribution is 5.78. The van der Waals surface area contributed by atoms with Gasteiger partial charge in [-0.15, -0.1) is 10.2 Å². The first kappa shape index (κ1) is 25.4. The second-order valence-corrected chi connectivity index (χ2v) is 11.6. The highest BCUT2D eigenvalue weighted by atomic mass is 16.4. The summed E-state index contributed by atoms with van der Waals surface area (Å²) < 4.78 is 6.14. The molecule has 0 radical (unpaired) electrons. The SMILES string of the molecule is CC(C)c1nnc(C2CC3(CCN(CCCc4ccccc4)CC3)CN2CC(=O)N2CCCCC2)o1. The van der Waals surface area contributed by atoms with Gasteiger partial charge in [-0.1, -0.05) is 44.2 Å². The van der Waals surface area contributed by atoms with E-state index in [0.717, 1.165) is 65.0 Å². The molecule has 5 rings (SSSR count). The Balaban J connectivity index is 1.21. The Morgan fingerprint density at radius 2 is 1.81 bits per heavy atom. The minimum atomic E-state index is 0.0448. The molecule has 1 atom stereocenters. The number of piperidine rings is 2. The fourth-order valence-electron chi connectivity index (χ4n) is 6.35. The zero-order valence-corrected chi connectivity index (χ0v) is 22.2. The van der Waals surface area contributed by atoms with Crippen LogP contribution in [-0.2, 0) is 11.2 Å². The lowest BCUT2D eigenvalue weighted by Crippen LogP contribution is -2.45. The minimum absolute atomic E-state index is 0.0448. The monoisotopic (exact) mass is 493 g/mol. The van der Waals surface area contributed by atoms with E-state index in [-0.39, 0.29) is 23.3 Å². The Morgan fingerprint density at radius 1 is 1.06 bits per heavy atom. The standard InChI is InChI=1S/C29H43N5O2/c1-23(2)27-30-31-28(36-27)25-20-29(22-34(25)21-26(35)33-16-7-4-8-17-33)13-18-32(19-14-29)15-9-12-24-10-5-3-6-11-24/h3,5-6,10-11,23,25H,4,7-9,12-22H2,1-2H3. The average molecular weight is 494 g/mol. The molecule has 36 heavy (non-hydrogen) atoms. The Kier molecular flexibility index (Phi) is 8.06. The largest absolute Gasteiger partial charge is 0.423 e. The van der Waals surface area contributed by atoms with Gasteiger partial charge in [-0.05, 0) is 82.0 Å². The van der Waals surface area contributed by atoms with Gasteiger partial charge < -0.3 is 14.2 Å². The number of rotatable bonds is 8. The molecule has 3 fully saturated rings. The summed E-state index contributed by atoms with van der Waals surface area (Å²) in [5, 5.41) is 8.78. The van der Waals surface area contributed by atoms with Crippen LogP contribution >= 0.6 is 0 Å². The van der Waals surface area contributed by atoms with Crippen molar-refractivity contribution in [1.29, 1.82) is 0 Å². The van der Waals surface area contributed by atoms with Gasteiger partial charge in [0.2, 0.25) is 17.7 Å². The fraction of sp³-hybridized carbons (Fsp3) is 0.690. The first-order valence-electron chi connectivity index (χ1n) is 14.1. The van der Waals surface area contributed by atoms with E-state index in [1.54, 1.807) is 0 Å². The summed E-state index contributed by atoms with van der Waals surface area (Å²) in [4.78, 5) is 20.3. The van der Waals surface area contributed by atoms with Crippen LogP contribution < -0.4 is 0 Å². The van der Waals surface area contributed by atoms with E-state index in [2.05, 4.69) is 69.1 Å². The lowest BCUT2D eigenvalue weighted by molar-refractivity contribution is -0.133. The molecular weight excluding hydrogens is 450 g/mol. The Morgan fingerprint density at radius 3 is 2.50 bits per heavy atom. The van der Waals surface area contributed by atoms with Crippen molar-refractivity contribution in [1.82, 2.24) is 24.9 Å². The van der Waals surface area contributed by atoms with E-state index in [1.165, 1.54) is 31.2 Å². The third-order valence-corrected chi connectivity index (χ3v) is 8.59. The van der Waals surface area contributed by atoms with Crippen LogP contribution in [0.15, 0.2) is 34.7 Å². The zero-order chi connectivity index (χ0) is 25.0. The molecule has 4 heterocycles. The zero-order valence-electron chi connectivity index (χ0n) is 22.2. The van der Waals surface area contributed by atoms with Crippen LogP contribution in [-0.4, -0.2) is 76.6 Å². The molecule has 3 aliphatic rings.